The van der Waals surface area contributed by atoms with Crippen molar-refractivity contribution in [1.82, 2.24) is 0 Å². The van der Waals surface area contributed by atoms with Crippen LogP contribution in [0.5, 0.6) is 0 Å². The minimum Gasteiger partial charge on any atom is -0.360 e. The number of rotatable bonds is 20. The first-order valence-electron chi connectivity index (χ1n) is 24.0. The van der Waals surface area contributed by atoms with Crippen LogP contribution >= 0.6 is 0 Å². The molecule has 62 heavy (non-hydrogen) atoms. The Morgan fingerprint density at radius 3 is 1.55 bits per heavy atom. The highest BCUT2D eigenvalue weighted by Crippen LogP contribution is 2.43. The van der Waals surface area contributed by atoms with E-state index in [4.69, 9.17) is 0 Å². The van der Waals surface area contributed by atoms with Gasteiger partial charge in [-0.05, 0) is 174 Å². The quantitative estimate of drug-likeness (QED) is 0.0694. The van der Waals surface area contributed by atoms with Crippen molar-refractivity contribution in [1.29, 1.82) is 0 Å². The number of benzene rings is 6. The molecule has 1 nitrogen and oxygen atoms in total. The lowest BCUT2D eigenvalue weighted by Crippen LogP contribution is -2.59. The van der Waals surface area contributed by atoms with Crippen LogP contribution < -0.4 is 4.90 Å². The zero-order chi connectivity index (χ0) is 44.3. The van der Waals surface area contributed by atoms with Gasteiger partial charge in [0.25, 0.3) is 0 Å². The van der Waals surface area contributed by atoms with Crippen molar-refractivity contribution in [2.45, 2.75) is 150 Å². The molecule has 6 rings (SSSR count). The van der Waals surface area contributed by atoms with E-state index in [9.17, 15) is 0 Å². The van der Waals surface area contributed by atoms with Gasteiger partial charge in [0.1, 0.15) is 0 Å². The van der Waals surface area contributed by atoms with Gasteiger partial charge in [0, 0.05) is 16.8 Å². The largest absolute Gasteiger partial charge is 0.360 e. The first-order chi connectivity index (χ1) is 29.9. The number of hydrogen-bond acceptors (Lipinski definition) is 1. The molecule has 0 saturated carbocycles. The molecule has 324 valence electrons. The van der Waals surface area contributed by atoms with Gasteiger partial charge in [-0.3, -0.25) is 0 Å². The molecule has 6 aromatic carbocycles. The van der Waals surface area contributed by atoms with E-state index >= 15 is 0 Å². The predicted molar refractivity (Wildman–Crippen MR) is 274 cm³/mol. The fraction of sp³-hybridized carbons (Fsp3) is 0.377. The van der Waals surface area contributed by atoms with Gasteiger partial charge in [0.2, 0.25) is 0 Å². The Morgan fingerprint density at radius 2 is 0.984 bits per heavy atom. The second-order valence-electron chi connectivity index (χ2n) is 18.8. The first-order valence-corrected chi connectivity index (χ1v) is 24.0. The Kier molecular flexibility index (Phi) is 15.6. The van der Waals surface area contributed by atoms with E-state index in [0.717, 1.165) is 44.9 Å². The Bertz CT molecular complexity index is 2350. The molecule has 1 unspecified atom stereocenters. The highest BCUT2D eigenvalue weighted by molar-refractivity contribution is 5.83. The summed E-state index contributed by atoms with van der Waals surface area (Å²) in [5, 5.41) is 0. The van der Waals surface area contributed by atoms with Crippen molar-refractivity contribution >= 4 is 11.3 Å². The molecular formula is C61H75N. The number of hydrogen-bond donors (Lipinski definition) is 0. The molecule has 0 aliphatic rings. The van der Waals surface area contributed by atoms with Gasteiger partial charge >= 0.3 is 0 Å². The second-order valence-corrected chi connectivity index (χ2v) is 18.8. The van der Waals surface area contributed by atoms with Gasteiger partial charge in [-0.15, -0.1) is 0 Å². The van der Waals surface area contributed by atoms with E-state index in [1.54, 1.807) is 0 Å². The molecule has 0 aliphatic heterocycles. The smallest absolute Gasteiger partial charge is 0.0420 e. The van der Waals surface area contributed by atoms with Crippen molar-refractivity contribution in [2.24, 2.45) is 0 Å². The minimum absolute atomic E-state index is 0.0135. The van der Waals surface area contributed by atoms with Crippen LogP contribution in [0.25, 0.3) is 50.1 Å². The SMILES string of the molecule is CC/C=C(\C)c1ccccc1CC(C)(CCCCC)N(c1ccc(-c2cc(-c3ccc(C(C)(CC)CC)cc3)cc(-c3cccc(-c4ccccc4)c3)c2)cc1)C(C)(CC)CC. The maximum Gasteiger partial charge on any atom is 0.0420 e. The molecule has 0 aromatic heterocycles. The molecule has 0 bridgehead atoms. The monoisotopic (exact) mass is 822 g/mol. The van der Waals surface area contributed by atoms with Crippen LogP contribution in [-0.2, 0) is 11.8 Å². The third kappa shape index (κ3) is 10.4. The summed E-state index contributed by atoms with van der Waals surface area (Å²) in [6, 6.07) is 55.2. The van der Waals surface area contributed by atoms with Crippen LogP contribution in [0.4, 0.5) is 5.69 Å². The maximum atomic E-state index is 2.86. The molecule has 0 aliphatic carbocycles. The topological polar surface area (TPSA) is 3.24 Å². The summed E-state index contributed by atoms with van der Waals surface area (Å²) in [7, 11) is 0. The van der Waals surface area contributed by atoms with E-state index in [0.29, 0.717) is 0 Å². The van der Waals surface area contributed by atoms with Crippen LogP contribution in [0.15, 0.2) is 152 Å². The van der Waals surface area contributed by atoms with Crippen molar-refractivity contribution in [3.05, 3.63) is 168 Å². The number of anilines is 1. The highest BCUT2D eigenvalue weighted by Gasteiger charge is 2.42. The lowest BCUT2D eigenvalue weighted by atomic mass is 9.77. The Balaban J connectivity index is 1.47. The molecule has 1 heteroatoms. The van der Waals surface area contributed by atoms with Crippen LogP contribution in [0.3, 0.4) is 0 Å². The van der Waals surface area contributed by atoms with Crippen molar-refractivity contribution in [2.75, 3.05) is 4.90 Å². The number of nitrogens with zero attached hydrogens (tertiary/aromatic N) is 1. The Hall–Kier alpha value is -5.14. The Labute approximate surface area is 377 Å². The van der Waals surface area contributed by atoms with Gasteiger partial charge in [-0.1, -0.05) is 183 Å². The normalized spacial score (nSPS) is 13.2. The molecule has 0 spiro atoms. The van der Waals surface area contributed by atoms with E-state index in [2.05, 4.69) is 226 Å². The number of unbranched alkanes of at least 4 members (excludes halogenated alkanes) is 2. The molecule has 0 saturated heterocycles. The van der Waals surface area contributed by atoms with Crippen LogP contribution in [-0.4, -0.2) is 11.1 Å². The Morgan fingerprint density at radius 1 is 0.484 bits per heavy atom. The predicted octanol–water partition coefficient (Wildman–Crippen LogP) is 18.2. The standard InChI is InChI=1S/C61H75N/c1-11-17-23-40-61(10,45-52-28-21-22-31-58(52)46(7)25-12-2)62(60(9,15-5)16-6)57-38-34-49(35-39-57)54-42-53(48-32-36-56(37-33-48)59(8,13-3)14-4)43-55(44-54)51-30-24-29-50(41-51)47-26-19-18-20-27-47/h18-22,24-39,41-44H,11-17,23,40,45H2,1-10H3/b46-25+. The summed E-state index contributed by atoms with van der Waals surface area (Å²) in [5.41, 5.74) is 17.0. The average Bonchev–Trinajstić information content (AvgIpc) is 3.32. The second kappa shape index (κ2) is 20.8. The summed E-state index contributed by atoms with van der Waals surface area (Å²) in [6.45, 7) is 23.7. The zero-order valence-corrected chi connectivity index (χ0v) is 40.0. The summed E-state index contributed by atoms with van der Waals surface area (Å²) < 4.78 is 0. The van der Waals surface area contributed by atoms with Gasteiger partial charge < -0.3 is 4.90 Å². The molecule has 0 N–H and O–H groups in total. The summed E-state index contributed by atoms with van der Waals surface area (Å²) in [4.78, 5) is 2.86. The molecule has 0 heterocycles. The lowest BCUT2D eigenvalue weighted by Gasteiger charge is -2.54. The van der Waals surface area contributed by atoms with Crippen molar-refractivity contribution < 1.29 is 0 Å². The van der Waals surface area contributed by atoms with E-state index in [1.807, 2.05) is 0 Å². The highest BCUT2D eigenvalue weighted by atomic mass is 15.3. The fourth-order valence-electron chi connectivity index (χ4n) is 9.92. The molecule has 0 amide bonds. The van der Waals surface area contributed by atoms with Gasteiger partial charge in [0.05, 0.1) is 0 Å². The van der Waals surface area contributed by atoms with Crippen molar-refractivity contribution in [3.8, 4) is 44.5 Å². The molecule has 0 radical (unpaired) electrons. The van der Waals surface area contributed by atoms with Gasteiger partial charge in [-0.2, -0.15) is 0 Å². The van der Waals surface area contributed by atoms with Crippen LogP contribution in [0.2, 0.25) is 0 Å². The molecule has 0 fully saturated rings. The van der Waals surface area contributed by atoms with Gasteiger partial charge in [-0.25, -0.2) is 0 Å². The summed E-state index contributed by atoms with van der Waals surface area (Å²) >= 11 is 0. The molecule has 1 atom stereocenters. The fourth-order valence-corrected chi connectivity index (χ4v) is 9.92. The van der Waals surface area contributed by atoms with Crippen LogP contribution in [0.1, 0.15) is 144 Å². The van der Waals surface area contributed by atoms with Crippen molar-refractivity contribution in [3.63, 3.8) is 0 Å². The van der Waals surface area contributed by atoms with Crippen LogP contribution in [0, 0.1) is 0 Å². The summed E-state index contributed by atoms with van der Waals surface area (Å²) in [5.74, 6) is 0. The zero-order valence-electron chi connectivity index (χ0n) is 40.0. The maximum absolute atomic E-state index is 2.86. The summed E-state index contributed by atoms with van der Waals surface area (Å²) in [6.07, 6.45) is 13.7. The van der Waals surface area contributed by atoms with E-state index < -0.39 is 0 Å². The lowest BCUT2D eigenvalue weighted by molar-refractivity contribution is 0.266. The third-order valence-electron chi connectivity index (χ3n) is 14.6. The minimum atomic E-state index is -0.0886. The average molecular weight is 822 g/mol. The molecular weight excluding hydrogens is 747 g/mol. The molecule has 6 aromatic rings. The first kappa shape index (κ1) is 46.4. The van der Waals surface area contributed by atoms with E-state index in [1.165, 1.54) is 91.7 Å². The third-order valence-corrected chi connectivity index (χ3v) is 14.6. The number of allylic oxidation sites excluding steroid dienone is 2. The van der Waals surface area contributed by atoms with Gasteiger partial charge in [0.15, 0.2) is 0 Å². The van der Waals surface area contributed by atoms with E-state index in [-0.39, 0.29) is 16.5 Å².